The Hall–Kier alpha value is -1.16. The number of amides is 1. The average molecular weight is 153 g/mol. The van der Waals surface area contributed by atoms with Crippen molar-refractivity contribution in [3.63, 3.8) is 0 Å². The zero-order chi connectivity index (χ0) is 8.48. The molecule has 4 heteroatoms. The van der Waals surface area contributed by atoms with Crippen molar-refractivity contribution in [2.75, 3.05) is 7.05 Å². The van der Waals surface area contributed by atoms with Crippen LogP contribution < -0.4 is 11.1 Å². The van der Waals surface area contributed by atoms with Gasteiger partial charge < -0.3 is 11.1 Å². The molecule has 0 saturated heterocycles. The van der Waals surface area contributed by atoms with Crippen molar-refractivity contribution in [1.29, 1.82) is 0 Å². The van der Waals surface area contributed by atoms with E-state index in [2.05, 4.69) is 10.3 Å². The van der Waals surface area contributed by atoms with Crippen LogP contribution in [0.5, 0.6) is 0 Å². The quantitative estimate of drug-likeness (QED) is 0.529. The maximum absolute atomic E-state index is 11.0. The number of aliphatic imine (C=N–C) groups is 1. The molecule has 0 fully saturated rings. The minimum Gasteiger partial charge on any atom is -0.354 e. The number of hydrogen-bond acceptors (Lipinski definition) is 3. The van der Waals surface area contributed by atoms with Gasteiger partial charge in [-0.3, -0.25) is 9.79 Å². The number of nitrogens with two attached hydrogens (primary N) is 1. The van der Waals surface area contributed by atoms with Gasteiger partial charge in [0, 0.05) is 13.3 Å². The summed E-state index contributed by atoms with van der Waals surface area (Å²) in [5.41, 5.74) is 5.47. The topological polar surface area (TPSA) is 67.5 Å². The van der Waals surface area contributed by atoms with E-state index in [1.807, 2.05) is 0 Å². The lowest BCUT2D eigenvalue weighted by Gasteiger charge is -2.07. The number of rotatable bonds is 1. The molecule has 0 aromatic rings. The largest absolute Gasteiger partial charge is 0.354 e. The summed E-state index contributed by atoms with van der Waals surface area (Å²) in [6, 6.07) is 0. The van der Waals surface area contributed by atoms with E-state index >= 15 is 0 Å². The molecule has 0 spiro atoms. The van der Waals surface area contributed by atoms with Gasteiger partial charge in [-0.05, 0) is 13.0 Å². The van der Waals surface area contributed by atoms with E-state index in [1.54, 1.807) is 26.3 Å². The lowest BCUT2D eigenvalue weighted by molar-refractivity contribution is -0.117. The highest BCUT2D eigenvalue weighted by molar-refractivity contribution is 5.98. The maximum Gasteiger partial charge on any atom is 0.269 e. The molecule has 0 unspecified atom stereocenters. The van der Waals surface area contributed by atoms with Crippen molar-refractivity contribution in [2.45, 2.75) is 12.5 Å². The van der Waals surface area contributed by atoms with Gasteiger partial charge in [0.15, 0.2) is 0 Å². The van der Waals surface area contributed by atoms with Gasteiger partial charge in [0.25, 0.3) is 5.91 Å². The molecule has 1 aliphatic heterocycles. The number of nitrogens with zero attached hydrogens (tertiary/aromatic N) is 1. The van der Waals surface area contributed by atoms with Gasteiger partial charge in [0.2, 0.25) is 0 Å². The predicted molar refractivity (Wildman–Crippen MR) is 43.2 cm³/mol. The van der Waals surface area contributed by atoms with Crippen LogP contribution in [0.3, 0.4) is 0 Å². The van der Waals surface area contributed by atoms with E-state index in [-0.39, 0.29) is 5.91 Å². The molecule has 1 rings (SSSR count). The van der Waals surface area contributed by atoms with Crippen molar-refractivity contribution < 1.29 is 4.79 Å². The number of likely N-dealkylation sites (N-methyl/N-ethyl adjacent to an activating group) is 1. The first-order valence-electron chi connectivity index (χ1n) is 3.34. The first-order valence-corrected chi connectivity index (χ1v) is 3.34. The van der Waals surface area contributed by atoms with E-state index in [0.717, 1.165) is 0 Å². The smallest absolute Gasteiger partial charge is 0.269 e. The third-order valence-corrected chi connectivity index (χ3v) is 1.39. The number of carbonyl (C=O) groups is 1. The Kier molecular flexibility index (Phi) is 1.78. The highest BCUT2D eigenvalue weighted by Crippen LogP contribution is 2.12. The van der Waals surface area contributed by atoms with E-state index in [0.29, 0.717) is 5.70 Å². The van der Waals surface area contributed by atoms with Crippen LogP contribution in [0, 0.1) is 0 Å². The van der Waals surface area contributed by atoms with Crippen molar-refractivity contribution >= 4 is 12.1 Å². The van der Waals surface area contributed by atoms with Crippen LogP contribution in [-0.4, -0.2) is 24.7 Å². The van der Waals surface area contributed by atoms with Crippen molar-refractivity contribution in [2.24, 2.45) is 10.7 Å². The lowest BCUT2D eigenvalue weighted by atomic mass is 10.1. The lowest BCUT2D eigenvalue weighted by Crippen LogP contribution is -2.33. The number of hydrogen-bond donors (Lipinski definition) is 2. The zero-order valence-electron chi connectivity index (χ0n) is 6.59. The molecule has 11 heavy (non-hydrogen) atoms. The molecule has 1 aliphatic rings. The van der Waals surface area contributed by atoms with E-state index < -0.39 is 5.54 Å². The van der Waals surface area contributed by atoms with Gasteiger partial charge in [-0.1, -0.05) is 0 Å². The third kappa shape index (κ3) is 1.65. The highest BCUT2D eigenvalue weighted by Gasteiger charge is 2.21. The third-order valence-electron chi connectivity index (χ3n) is 1.39. The second-order valence-corrected chi connectivity index (χ2v) is 2.73. The van der Waals surface area contributed by atoms with Crippen molar-refractivity contribution in [1.82, 2.24) is 5.32 Å². The summed E-state index contributed by atoms with van der Waals surface area (Å²) in [6.07, 6.45) is 3.18. The molecular formula is C7H11N3O. The van der Waals surface area contributed by atoms with Gasteiger partial charge in [0.05, 0.1) is 5.54 Å². The molecule has 0 radical (unpaired) electrons. The van der Waals surface area contributed by atoms with E-state index in [4.69, 9.17) is 5.73 Å². The molecular weight excluding hydrogens is 142 g/mol. The van der Waals surface area contributed by atoms with Crippen molar-refractivity contribution in [3.8, 4) is 0 Å². The molecule has 1 atom stereocenters. The number of carbonyl (C=O) groups excluding carboxylic acids is 1. The Morgan fingerprint density at radius 3 is 2.82 bits per heavy atom. The Labute approximate surface area is 65.2 Å². The maximum atomic E-state index is 11.0. The molecule has 0 aromatic heterocycles. The summed E-state index contributed by atoms with van der Waals surface area (Å²) in [4.78, 5) is 14.8. The molecule has 0 aliphatic carbocycles. The summed E-state index contributed by atoms with van der Waals surface area (Å²) in [5.74, 6) is -0.199. The fraction of sp³-hybridized carbons (Fsp3) is 0.429. The monoisotopic (exact) mass is 153 g/mol. The first kappa shape index (κ1) is 7.94. The van der Waals surface area contributed by atoms with Crippen molar-refractivity contribution in [3.05, 3.63) is 11.8 Å². The summed E-state index contributed by atoms with van der Waals surface area (Å²) < 4.78 is 0. The van der Waals surface area contributed by atoms with E-state index in [9.17, 15) is 4.79 Å². The Bertz CT molecular complexity index is 240. The summed E-state index contributed by atoms with van der Waals surface area (Å²) in [7, 11) is 1.56. The number of nitrogens with one attached hydrogen (secondary N) is 1. The second kappa shape index (κ2) is 2.47. The zero-order valence-corrected chi connectivity index (χ0v) is 6.59. The molecule has 0 saturated carbocycles. The van der Waals surface area contributed by atoms with Crippen LogP contribution in [-0.2, 0) is 4.79 Å². The van der Waals surface area contributed by atoms with Crippen LogP contribution in [0.4, 0.5) is 0 Å². The van der Waals surface area contributed by atoms with Crippen LogP contribution in [0.2, 0.25) is 0 Å². The van der Waals surface area contributed by atoms with Gasteiger partial charge >= 0.3 is 0 Å². The van der Waals surface area contributed by atoms with Gasteiger partial charge in [-0.25, -0.2) is 0 Å². The Balaban J connectivity index is 2.80. The van der Waals surface area contributed by atoms with E-state index in [1.165, 1.54) is 0 Å². The molecule has 0 aromatic carbocycles. The SMILES string of the molecule is CNC(=O)C1=C[C@@](C)(N)C=N1. The predicted octanol–water partition coefficient (Wildman–Crippen LogP) is -0.582. The molecule has 0 bridgehead atoms. The normalized spacial score (nSPS) is 28.5. The molecule has 4 nitrogen and oxygen atoms in total. The average Bonchev–Trinajstić information content (AvgIpc) is 2.29. The summed E-state index contributed by atoms with van der Waals surface area (Å²) in [6.45, 7) is 1.78. The van der Waals surface area contributed by atoms with Gasteiger partial charge in [-0.2, -0.15) is 0 Å². The first-order chi connectivity index (χ1) is 5.05. The molecule has 3 N–H and O–H groups in total. The van der Waals surface area contributed by atoms with Crippen LogP contribution in [0.25, 0.3) is 0 Å². The standard InChI is InChI=1S/C7H11N3O/c1-7(8)3-5(10-4-7)6(11)9-2/h3-4H,8H2,1-2H3,(H,9,11)/t7-/m1/s1. The van der Waals surface area contributed by atoms with Gasteiger partial charge in [-0.15, -0.1) is 0 Å². The highest BCUT2D eigenvalue weighted by atomic mass is 16.1. The van der Waals surface area contributed by atoms with Crippen LogP contribution >= 0.6 is 0 Å². The minimum absolute atomic E-state index is 0.199. The molecule has 60 valence electrons. The summed E-state index contributed by atoms with van der Waals surface area (Å²) >= 11 is 0. The molecule has 1 amide bonds. The fourth-order valence-corrected chi connectivity index (χ4v) is 0.830. The van der Waals surface area contributed by atoms with Gasteiger partial charge in [0.1, 0.15) is 5.70 Å². The summed E-state index contributed by atoms with van der Waals surface area (Å²) in [5, 5.41) is 2.47. The Morgan fingerprint density at radius 1 is 1.82 bits per heavy atom. The minimum atomic E-state index is -0.568. The van der Waals surface area contributed by atoms with Crippen LogP contribution in [0.15, 0.2) is 16.8 Å². The Morgan fingerprint density at radius 2 is 2.45 bits per heavy atom. The second-order valence-electron chi connectivity index (χ2n) is 2.73. The van der Waals surface area contributed by atoms with Crippen LogP contribution in [0.1, 0.15) is 6.92 Å². The molecule has 1 heterocycles. The fourth-order valence-electron chi connectivity index (χ4n) is 0.830.